The molecule has 0 heterocycles. The molecule has 1 atom stereocenters. The predicted octanol–water partition coefficient (Wildman–Crippen LogP) is 9.81. The summed E-state index contributed by atoms with van der Waals surface area (Å²) in [5.74, 6) is 0. The highest BCUT2D eigenvalue weighted by atomic mass is 15.1. The molecule has 0 aromatic heterocycles. The zero-order valence-electron chi connectivity index (χ0n) is 21.8. The highest BCUT2D eigenvalue weighted by Gasteiger charge is 2.51. The van der Waals surface area contributed by atoms with Crippen LogP contribution in [0.15, 0.2) is 146 Å². The molecule has 39 heavy (non-hydrogen) atoms. The van der Waals surface area contributed by atoms with Crippen LogP contribution in [0.5, 0.6) is 0 Å². The predicted molar refractivity (Wildman–Crippen MR) is 162 cm³/mol. The Hall–Kier alpha value is -4.88. The number of para-hydroxylation sites is 2. The van der Waals surface area contributed by atoms with Gasteiger partial charge in [-0.3, -0.25) is 0 Å². The first-order valence-electron chi connectivity index (χ1n) is 13.6. The summed E-state index contributed by atoms with van der Waals surface area (Å²) in [4.78, 5) is 2.37. The lowest BCUT2D eigenvalue weighted by molar-refractivity contribution is 0.792. The van der Waals surface area contributed by atoms with E-state index >= 15 is 0 Å². The molecule has 0 aliphatic heterocycles. The average molecular weight is 498 g/mol. The zero-order chi connectivity index (χ0) is 26.0. The van der Waals surface area contributed by atoms with Gasteiger partial charge in [-0.25, -0.2) is 0 Å². The van der Waals surface area contributed by atoms with Crippen molar-refractivity contribution in [1.82, 2.24) is 0 Å². The minimum absolute atomic E-state index is 0.348. The molecule has 1 unspecified atom stereocenters. The third-order valence-electron chi connectivity index (χ3n) is 8.52. The minimum Gasteiger partial charge on any atom is -0.310 e. The first-order chi connectivity index (χ1) is 19.3. The van der Waals surface area contributed by atoms with Crippen molar-refractivity contribution in [3.05, 3.63) is 173 Å². The van der Waals surface area contributed by atoms with Gasteiger partial charge in [0.15, 0.2) is 0 Å². The number of aryl methyl sites for hydroxylation is 1. The van der Waals surface area contributed by atoms with Crippen LogP contribution in [-0.2, 0) is 5.41 Å². The molecule has 2 aliphatic rings. The van der Waals surface area contributed by atoms with Gasteiger partial charge in [-0.05, 0) is 87.8 Å². The molecule has 0 radical (unpaired) electrons. The van der Waals surface area contributed by atoms with Crippen molar-refractivity contribution in [2.45, 2.75) is 12.3 Å². The fraction of sp³-hybridized carbons (Fsp3) is 0.0526. The normalized spacial score (nSPS) is 15.9. The van der Waals surface area contributed by atoms with Crippen LogP contribution in [0.3, 0.4) is 0 Å². The summed E-state index contributed by atoms with van der Waals surface area (Å²) in [6, 6.07) is 53.4. The van der Waals surface area contributed by atoms with E-state index < -0.39 is 0 Å². The van der Waals surface area contributed by atoms with Gasteiger partial charge in [-0.15, -0.1) is 0 Å². The van der Waals surface area contributed by atoms with Crippen molar-refractivity contribution < 1.29 is 0 Å². The summed E-state index contributed by atoms with van der Waals surface area (Å²) < 4.78 is 0. The van der Waals surface area contributed by atoms with Crippen molar-refractivity contribution in [1.29, 1.82) is 0 Å². The molecule has 1 spiro atoms. The maximum Gasteiger partial charge on any atom is 0.0726 e. The highest BCUT2D eigenvalue weighted by molar-refractivity contribution is 5.96. The summed E-state index contributed by atoms with van der Waals surface area (Å²) in [5, 5.41) is 0. The van der Waals surface area contributed by atoms with Gasteiger partial charge in [0.25, 0.3) is 0 Å². The smallest absolute Gasteiger partial charge is 0.0726 e. The molecule has 1 heteroatoms. The Morgan fingerprint density at radius 1 is 0.385 bits per heavy atom. The standard InChI is InChI=1S/C38H27N/c1-26-20-22-32-30-16-8-10-18-34(30)38(36(32)24-26)35-19-11-9-17-31(35)33-23-21-29(25-37(33)38)39(27-12-4-2-5-13-27)28-14-6-3-7-15-28/h2-25H,1H3. The van der Waals surface area contributed by atoms with Gasteiger partial charge < -0.3 is 4.90 Å². The number of benzene rings is 6. The second kappa shape index (κ2) is 8.31. The van der Waals surface area contributed by atoms with Crippen LogP contribution < -0.4 is 4.90 Å². The number of anilines is 3. The van der Waals surface area contributed by atoms with E-state index in [2.05, 4.69) is 157 Å². The molecule has 6 aromatic rings. The van der Waals surface area contributed by atoms with Crippen molar-refractivity contribution in [3.63, 3.8) is 0 Å². The van der Waals surface area contributed by atoms with E-state index in [-0.39, 0.29) is 5.41 Å². The molecule has 0 fully saturated rings. The molecular weight excluding hydrogens is 470 g/mol. The van der Waals surface area contributed by atoms with Crippen LogP contribution in [-0.4, -0.2) is 0 Å². The summed E-state index contributed by atoms with van der Waals surface area (Å²) in [5.41, 5.74) is 15.2. The summed E-state index contributed by atoms with van der Waals surface area (Å²) >= 11 is 0. The number of hydrogen-bond acceptors (Lipinski definition) is 1. The van der Waals surface area contributed by atoms with Crippen LogP contribution in [0.1, 0.15) is 27.8 Å². The van der Waals surface area contributed by atoms with Crippen LogP contribution in [0.4, 0.5) is 17.1 Å². The maximum atomic E-state index is 2.45. The molecule has 0 N–H and O–H groups in total. The van der Waals surface area contributed by atoms with Crippen molar-refractivity contribution >= 4 is 17.1 Å². The number of nitrogens with zero attached hydrogens (tertiary/aromatic N) is 1. The monoisotopic (exact) mass is 497 g/mol. The molecule has 2 aliphatic carbocycles. The first-order valence-corrected chi connectivity index (χ1v) is 13.6. The molecular formula is C38H27N. The van der Waals surface area contributed by atoms with E-state index in [0.717, 1.165) is 17.1 Å². The van der Waals surface area contributed by atoms with E-state index in [9.17, 15) is 0 Å². The van der Waals surface area contributed by atoms with Gasteiger partial charge in [-0.2, -0.15) is 0 Å². The summed E-state index contributed by atoms with van der Waals surface area (Å²) in [7, 11) is 0. The van der Waals surface area contributed by atoms with Crippen LogP contribution in [0, 0.1) is 6.92 Å². The zero-order valence-corrected chi connectivity index (χ0v) is 21.8. The van der Waals surface area contributed by atoms with E-state index in [1.807, 2.05) is 0 Å². The van der Waals surface area contributed by atoms with Gasteiger partial charge in [0, 0.05) is 17.1 Å². The van der Waals surface area contributed by atoms with Gasteiger partial charge in [-0.1, -0.05) is 115 Å². The van der Waals surface area contributed by atoms with Crippen LogP contribution in [0.2, 0.25) is 0 Å². The van der Waals surface area contributed by atoms with E-state index in [0.29, 0.717) is 0 Å². The average Bonchev–Trinajstić information content (AvgIpc) is 3.45. The lowest BCUT2D eigenvalue weighted by atomic mass is 9.70. The third kappa shape index (κ3) is 3.02. The number of hydrogen-bond donors (Lipinski definition) is 0. The molecule has 8 rings (SSSR count). The fourth-order valence-electron chi connectivity index (χ4n) is 6.98. The summed E-state index contributed by atoms with van der Waals surface area (Å²) in [6.07, 6.45) is 0. The van der Waals surface area contributed by atoms with Crippen LogP contribution in [0.25, 0.3) is 22.3 Å². The second-order valence-corrected chi connectivity index (χ2v) is 10.6. The topological polar surface area (TPSA) is 3.24 Å². The Morgan fingerprint density at radius 2 is 0.846 bits per heavy atom. The first kappa shape index (κ1) is 22.1. The number of rotatable bonds is 3. The van der Waals surface area contributed by atoms with Crippen molar-refractivity contribution in [2.24, 2.45) is 0 Å². The quantitative estimate of drug-likeness (QED) is 0.235. The SMILES string of the molecule is Cc1ccc2c(c1)C1(c3ccccc3-2)c2ccccc2-c2ccc(N(c3ccccc3)c3ccccc3)cc21. The Bertz CT molecular complexity index is 1820. The van der Waals surface area contributed by atoms with Gasteiger partial charge in [0.1, 0.15) is 0 Å². The largest absolute Gasteiger partial charge is 0.310 e. The highest BCUT2D eigenvalue weighted by Crippen LogP contribution is 2.63. The Morgan fingerprint density at radius 3 is 1.44 bits per heavy atom. The lowest BCUT2D eigenvalue weighted by Crippen LogP contribution is -2.26. The molecule has 0 saturated carbocycles. The molecule has 6 aromatic carbocycles. The lowest BCUT2D eigenvalue weighted by Gasteiger charge is -2.32. The van der Waals surface area contributed by atoms with Crippen LogP contribution >= 0.6 is 0 Å². The van der Waals surface area contributed by atoms with Gasteiger partial charge >= 0.3 is 0 Å². The maximum absolute atomic E-state index is 2.45. The Kier molecular flexibility index (Phi) is 4.72. The fourth-order valence-corrected chi connectivity index (χ4v) is 6.98. The van der Waals surface area contributed by atoms with Gasteiger partial charge in [0.05, 0.1) is 5.41 Å². The second-order valence-electron chi connectivity index (χ2n) is 10.6. The van der Waals surface area contributed by atoms with E-state index in [1.165, 1.54) is 50.1 Å². The molecule has 0 saturated heterocycles. The van der Waals surface area contributed by atoms with Crippen molar-refractivity contribution in [2.75, 3.05) is 4.90 Å². The Labute approximate surface area is 229 Å². The summed E-state index contributed by atoms with van der Waals surface area (Å²) in [6.45, 7) is 2.21. The van der Waals surface area contributed by atoms with E-state index in [4.69, 9.17) is 0 Å². The number of fused-ring (bicyclic) bond motifs is 10. The minimum atomic E-state index is -0.348. The molecule has 0 amide bonds. The molecule has 1 nitrogen and oxygen atoms in total. The molecule has 184 valence electrons. The third-order valence-corrected chi connectivity index (χ3v) is 8.52. The Balaban J connectivity index is 1.46. The van der Waals surface area contributed by atoms with E-state index in [1.54, 1.807) is 0 Å². The van der Waals surface area contributed by atoms with Gasteiger partial charge in [0.2, 0.25) is 0 Å². The molecule has 0 bridgehead atoms. The van der Waals surface area contributed by atoms with Crippen molar-refractivity contribution in [3.8, 4) is 22.3 Å².